The number of amides is 2. The third kappa shape index (κ3) is 3.37. The lowest BCUT2D eigenvalue weighted by Gasteiger charge is -2.38. The molecule has 0 radical (unpaired) electrons. The minimum absolute atomic E-state index is 0.0624. The molecule has 2 amide bonds. The predicted molar refractivity (Wildman–Crippen MR) is 66.5 cm³/mol. The minimum atomic E-state index is 0.0624. The van der Waals surface area contributed by atoms with E-state index in [0.717, 1.165) is 32.5 Å². The standard InChI is InChI=1S/C12H25N3O/c1-4-7-14-11-6-8-15(12(16)13-3)9-10(11)5-2/h10-11,14H,4-9H2,1-3H3,(H,13,16). The van der Waals surface area contributed by atoms with Crippen LogP contribution in [0.3, 0.4) is 0 Å². The van der Waals surface area contributed by atoms with Crippen LogP contribution in [0.2, 0.25) is 0 Å². The van der Waals surface area contributed by atoms with Crippen LogP contribution < -0.4 is 10.6 Å². The molecule has 1 heterocycles. The molecule has 16 heavy (non-hydrogen) atoms. The van der Waals surface area contributed by atoms with Gasteiger partial charge in [-0.25, -0.2) is 4.79 Å². The van der Waals surface area contributed by atoms with E-state index in [4.69, 9.17) is 0 Å². The molecule has 0 aliphatic carbocycles. The fourth-order valence-corrected chi connectivity index (χ4v) is 2.39. The normalized spacial score (nSPS) is 25.6. The molecule has 0 aromatic carbocycles. The van der Waals surface area contributed by atoms with Crippen LogP contribution in [-0.4, -0.2) is 43.7 Å². The van der Waals surface area contributed by atoms with Crippen molar-refractivity contribution in [3.8, 4) is 0 Å². The summed E-state index contributed by atoms with van der Waals surface area (Å²) < 4.78 is 0. The molecule has 1 aliphatic heterocycles. The molecule has 2 atom stereocenters. The van der Waals surface area contributed by atoms with E-state index in [1.807, 2.05) is 4.90 Å². The lowest BCUT2D eigenvalue weighted by Crippen LogP contribution is -2.52. The summed E-state index contributed by atoms with van der Waals surface area (Å²) >= 11 is 0. The summed E-state index contributed by atoms with van der Waals surface area (Å²) in [6.07, 6.45) is 3.38. The van der Waals surface area contributed by atoms with Crippen molar-refractivity contribution in [2.45, 2.75) is 39.2 Å². The summed E-state index contributed by atoms with van der Waals surface area (Å²) in [6, 6.07) is 0.651. The maximum absolute atomic E-state index is 11.5. The van der Waals surface area contributed by atoms with Crippen LogP contribution in [0.4, 0.5) is 4.79 Å². The topological polar surface area (TPSA) is 44.4 Å². The fraction of sp³-hybridized carbons (Fsp3) is 0.917. The van der Waals surface area contributed by atoms with Gasteiger partial charge in [0.15, 0.2) is 0 Å². The van der Waals surface area contributed by atoms with Crippen LogP contribution in [0, 0.1) is 5.92 Å². The van der Waals surface area contributed by atoms with Crippen LogP contribution in [-0.2, 0) is 0 Å². The molecule has 1 rings (SSSR count). The van der Waals surface area contributed by atoms with E-state index < -0.39 is 0 Å². The highest BCUT2D eigenvalue weighted by Crippen LogP contribution is 2.20. The maximum Gasteiger partial charge on any atom is 0.317 e. The van der Waals surface area contributed by atoms with E-state index in [9.17, 15) is 4.79 Å². The van der Waals surface area contributed by atoms with Gasteiger partial charge in [-0.3, -0.25) is 0 Å². The molecule has 2 unspecified atom stereocenters. The van der Waals surface area contributed by atoms with E-state index in [2.05, 4.69) is 24.5 Å². The van der Waals surface area contributed by atoms with Gasteiger partial charge in [-0.2, -0.15) is 0 Å². The lowest BCUT2D eigenvalue weighted by molar-refractivity contribution is 0.143. The SMILES string of the molecule is CCCNC1CCN(C(=O)NC)CC1CC. The predicted octanol–water partition coefficient (Wildman–Crippen LogP) is 1.43. The number of hydrogen-bond acceptors (Lipinski definition) is 2. The van der Waals surface area contributed by atoms with Crippen LogP contribution >= 0.6 is 0 Å². The zero-order valence-electron chi connectivity index (χ0n) is 10.8. The van der Waals surface area contributed by atoms with Gasteiger partial charge in [-0.05, 0) is 25.3 Å². The summed E-state index contributed by atoms with van der Waals surface area (Å²) in [6.45, 7) is 7.24. The first-order valence-corrected chi connectivity index (χ1v) is 6.42. The second kappa shape index (κ2) is 6.74. The van der Waals surface area contributed by atoms with Gasteiger partial charge < -0.3 is 15.5 Å². The first-order valence-electron chi connectivity index (χ1n) is 6.42. The summed E-state index contributed by atoms with van der Waals surface area (Å²) in [7, 11) is 1.70. The number of nitrogens with zero attached hydrogens (tertiary/aromatic N) is 1. The zero-order valence-corrected chi connectivity index (χ0v) is 10.8. The second-order valence-electron chi connectivity index (χ2n) is 4.52. The molecule has 94 valence electrons. The smallest absolute Gasteiger partial charge is 0.317 e. The molecule has 0 bridgehead atoms. The number of carbonyl (C=O) groups excluding carboxylic acids is 1. The molecule has 4 nitrogen and oxygen atoms in total. The van der Waals surface area contributed by atoms with Crippen molar-refractivity contribution in [3.05, 3.63) is 0 Å². The summed E-state index contributed by atoms with van der Waals surface area (Å²) in [5.41, 5.74) is 0. The summed E-state index contributed by atoms with van der Waals surface area (Å²) in [5.74, 6) is 0.595. The largest absolute Gasteiger partial charge is 0.341 e. The Morgan fingerprint density at radius 2 is 2.19 bits per heavy atom. The molecular weight excluding hydrogens is 202 g/mol. The Kier molecular flexibility index (Phi) is 5.60. The van der Waals surface area contributed by atoms with Crippen molar-refractivity contribution >= 4 is 6.03 Å². The van der Waals surface area contributed by atoms with E-state index in [0.29, 0.717) is 12.0 Å². The van der Waals surface area contributed by atoms with Gasteiger partial charge in [0.05, 0.1) is 0 Å². The first kappa shape index (κ1) is 13.3. The summed E-state index contributed by atoms with van der Waals surface area (Å²) in [5, 5.41) is 6.30. The van der Waals surface area contributed by atoms with Gasteiger partial charge in [0.25, 0.3) is 0 Å². The van der Waals surface area contributed by atoms with E-state index in [-0.39, 0.29) is 6.03 Å². The number of piperidine rings is 1. The van der Waals surface area contributed by atoms with Crippen LogP contribution in [0.5, 0.6) is 0 Å². The highest BCUT2D eigenvalue weighted by atomic mass is 16.2. The van der Waals surface area contributed by atoms with Gasteiger partial charge in [0, 0.05) is 26.2 Å². The maximum atomic E-state index is 11.5. The van der Waals surface area contributed by atoms with Gasteiger partial charge in [0.1, 0.15) is 0 Å². The Morgan fingerprint density at radius 1 is 1.44 bits per heavy atom. The monoisotopic (exact) mass is 227 g/mol. The van der Waals surface area contributed by atoms with E-state index >= 15 is 0 Å². The Labute approximate surface area is 98.8 Å². The number of urea groups is 1. The zero-order chi connectivity index (χ0) is 12.0. The molecule has 0 aromatic rings. The van der Waals surface area contributed by atoms with Crippen molar-refractivity contribution in [3.63, 3.8) is 0 Å². The van der Waals surface area contributed by atoms with Gasteiger partial charge >= 0.3 is 6.03 Å². The Hall–Kier alpha value is -0.770. The van der Waals surface area contributed by atoms with Crippen molar-refractivity contribution in [1.82, 2.24) is 15.5 Å². The number of likely N-dealkylation sites (tertiary alicyclic amines) is 1. The second-order valence-corrected chi connectivity index (χ2v) is 4.52. The van der Waals surface area contributed by atoms with Crippen molar-refractivity contribution < 1.29 is 4.79 Å². The highest BCUT2D eigenvalue weighted by molar-refractivity contribution is 5.73. The average Bonchev–Trinajstić information content (AvgIpc) is 2.35. The number of nitrogens with one attached hydrogen (secondary N) is 2. The molecule has 0 aromatic heterocycles. The Balaban J connectivity index is 2.46. The van der Waals surface area contributed by atoms with E-state index in [1.165, 1.54) is 6.42 Å². The number of rotatable bonds is 4. The van der Waals surface area contributed by atoms with Gasteiger partial charge in [0.2, 0.25) is 0 Å². The lowest BCUT2D eigenvalue weighted by atomic mass is 9.90. The third-order valence-corrected chi connectivity index (χ3v) is 3.42. The van der Waals surface area contributed by atoms with E-state index in [1.54, 1.807) is 7.05 Å². The molecule has 0 spiro atoms. The summed E-state index contributed by atoms with van der Waals surface area (Å²) in [4.78, 5) is 13.5. The van der Waals surface area contributed by atoms with Gasteiger partial charge in [-0.1, -0.05) is 20.3 Å². The molecule has 0 saturated carbocycles. The quantitative estimate of drug-likeness (QED) is 0.763. The molecule has 1 saturated heterocycles. The van der Waals surface area contributed by atoms with Crippen LogP contribution in [0.25, 0.3) is 0 Å². The molecule has 4 heteroatoms. The first-order chi connectivity index (χ1) is 7.72. The van der Waals surface area contributed by atoms with Crippen LogP contribution in [0.1, 0.15) is 33.1 Å². The van der Waals surface area contributed by atoms with Crippen LogP contribution in [0.15, 0.2) is 0 Å². The Morgan fingerprint density at radius 3 is 2.75 bits per heavy atom. The number of hydrogen-bond donors (Lipinski definition) is 2. The third-order valence-electron chi connectivity index (χ3n) is 3.42. The fourth-order valence-electron chi connectivity index (χ4n) is 2.39. The molecular formula is C12H25N3O. The van der Waals surface area contributed by atoms with Crippen molar-refractivity contribution in [2.24, 2.45) is 5.92 Å². The van der Waals surface area contributed by atoms with Crippen molar-refractivity contribution in [1.29, 1.82) is 0 Å². The Bertz CT molecular complexity index is 220. The number of carbonyl (C=O) groups is 1. The van der Waals surface area contributed by atoms with Crippen molar-refractivity contribution in [2.75, 3.05) is 26.7 Å². The van der Waals surface area contributed by atoms with Gasteiger partial charge in [-0.15, -0.1) is 0 Å². The molecule has 1 fully saturated rings. The highest BCUT2D eigenvalue weighted by Gasteiger charge is 2.29. The molecule has 1 aliphatic rings. The minimum Gasteiger partial charge on any atom is -0.341 e. The molecule has 2 N–H and O–H groups in total. The average molecular weight is 227 g/mol.